The van der Waals surface area contributed by atoms with Crippen LogP contribution in [0, 0.1) is 16.7 Å². The number of halogens is 2. The first-order valence-electron chi connectivity index (χ1n) is 11.1. The molecule has 32 heavy (non-hydrogen) atoms. The van der Waals surface area contributed by atoms with Crippen LogP contribution in [-0.4, -0.2) is 47.7 Å². The number of hydrogen-bond acceptors (Lipinski definition) is 5. The minimum atomic E-state index is -3.25. The zero-order valence-electron chi connectivity index (χ0n) is 17.9. The first kappa shape index (κ1) is 22.5. The largest absolute Gasteiger partial charge is 0.426 e. The van der Waals surface area contributed by atoms with Crippen molar-refractivity contribution in [2.24, 2.45) is 5.41 Å². The smallest absolute Gasteiger partial charge is 0.351 e. The maximum Gasteiger partial charge on any atom is 0.426 e. The van der Waals surface area contributed by atoms with Gasteiger partial charge in [0.25, 0.3) is 5.92 Å². The summed E-state index contributed by atoms with van der Waals surface area (Å²) in [7, 11) is 0. The lowest BCUT2D eigenvalue weighted by molar-refractivity contribution is -0.131. The predicted octanol–water partition coefficient (Wildman–Crippen LogP) is 3.31. The molecule has 1 atom stereocenters. The van der Waals surface area contributed by atoms with Crippen molar-refractivity contribution in [3.63, 3.8) is 0 Å². The highest BCUT2D eigenvalue weighted by molar-refractivity contribution is 5.86. The highest BCUT2D eigenvalue weighted by Crippen LogP contribution is 2.53. The Labute approximate surface area is 186 Å². The molecule has 172 valence electrons. The maximum absolute atomic E-state index is 14.8. The van der Waals surface area contributed by atoms with Crippen molar-refractivity contribution in [3.05, 3.63) is 35.9 Å². The monoisotopic (exact) mass is 446 g/mol. The highest BCUT2D eigenvalue weighted by Gasteiger charge is 2.48. The molecule has 2 amide bonds. The number of amides is 2. The molecule has 1 aromatic rings. The Bertz CT molecular complexity index is 884. The van der Waals surface area contributed by atoms with E-state index in [-0.39, 0.29) is 0 Å². The van der Waals surface area contributed by atoms with Crippen LogP contribution in [0.25, 0.3) is 0 Å². The molecule has 0 unspecified atom stereocenters. The molecule has 0 aromatic heterocycles. The van der Waals surface area contributed by atoms with Gasteiger partial charge < -0.3 is 15.5 Å². The Morgan fingerprint density at radius 1 is 1.12 bits per heavy atom. The second-order valence-corrected chi connectivity index (χ2v) is 9.41. The number of nitriles is 1. The van der Waals surface area contributed by atoms with Crippen molar-refractivity contribution < 1.29 is 23.2 Å². The van der Waals surface area contributed by atoms with Gasteiger partial charge in [0.2, 0.25) is 5.91 Å². The first-order chi connectivity index (χ1) is 15.2. The van der Waals surface area contributed by atoms with E-state index in [2.05, 4.69) is 10.6 Å². The number of alkyl halides is 2. The molecule has 7 nitrogen and oxygen atoms in total. The molecule has 0 radical (unpaired) electrons. The average Bonchev–Trinajstić information content (AvgIpc) is 3.68. The number of rotatable bonds is 8. The maximum atomic E-state index is 14.8. The minimum Gasteiger partial charge on any atom is -0.351 e. The van der Waals surface area contributed by atoms with Crippen molar-refractivity contribution >= 4 is 12.0 Å². The molecule has 2 N–H and O–H groups in total. The van der Waals surface area contributed by atoms with E-state index in [0.717, 1.165) is 12.8 Å². The van der Waals surface area contributed by atoms with Gasteiger partial charge in [-0.25, -0.2) is 13.6 Å². The van der Waals surface area contributed by atoms with E-state index in [1.165, 1.54) is 17.9 Å². The summed E-state index contributed by atoms with van der Waals surface area (Å²) < 4.78 is 29.6. The van der Waals surface area contributed by atoms with Crippen molar-refractivity contribution in [2.45, 2.75) is 68.9 Å². The van der Waals surface area contributed by atoms with Crippen LogP contribution < -0.4 is 10.6 Å². The zero-order valence-corrected chi connectivity index (χ0v) is 17.9. The molecule has 3 aliphatic rings. The molecule has 2 aliphatic carbocycles. The molecular weight excluding hydrogens is 418 g/mol. The fraction of sp³-hybridized carbons (Fsp3) is 0.609. The van der Waals surface area contributed by atoms with Crippen LogP contribution in [0.1, 0.15) is 50.5 Å². The summed E-state index contributed by atoms with van der Waals surface area (Å²) in [6.07, 6.45) is 2.80. The summed E-state index contributed by atoms with van der Waals surface area (Å²) >= 11 is 0. The van der Waals surface area contributed by atoms with Gasteiger partial charge in [0.1, 0.15) is 11.6 Å². The second kappa shape index (κ2) is 8.66. The molecule has 1 saturated heterocycles. The number of carbonyl (C=O) groups excluding carboxylic acids is 2. The van der Waals surface area contributed by atoms with E-state index < -0.39 is 42.3 Å². The topological polar surface area (TPSA) is 94.5 Å². The van der Waals surface area contributed by atoms with Gasteiger partial charge in [-0.3, -0.25) is 4.79 Å². The Balaban J connectivity index is 1.38. The standard InChI is InChI=1S/C23H28F2N4O3/c24-23(25,14-17-4-2-1-3-5-17)15-18(19(30)28-22(16-26)8-9-22)27-20(31)32-29-12-10-21(6-7-21)11-13-29/h1-5,18H,6-15H2,(H,27,31)(H,28,30)/t18-/m0/s1. The summed E-state index contributed by atoms with van der Waals surface area (Å²) in [5.74, 6) is -4.05. The number of benzene rings is 1. The predicted molar refractivity (Wildman–Crippen MR) is 111 cm³/mol. The third kappa shape index (κ3) is 5.74. The fourth-order valence-electron chi connectivity index (χ4n) is 4.20. The number of nitrogens with one attached hydrogen (secondary N) is 2. The summed E-state index contributed by atoms with van der Waals surface area (Å²) in [5, 5.41) is 15.6. The minimum absolute atomic E-state index is 0.397. The van der Waals surface area contributed by atoms with E-state index in [9.17, 15) is 23.6 Å². The second-order valence-electron chi connectivity index (χ2n) is 9.41. The lowest BCUT2D eigenvalue weighted by Gasteiger charge is -2.31. The lowest BCUT2D eigenvalue weighted by Crippen LogP contribution is -2.53. The molecule has 1 heterocycles. The van der Waals surface area contributed by atoms with Gasteiger partial charge in [-0.2, -0.15) is 5.26 Å². The van der Waals surface area contributed by atoms with Gasteiger partial charge in [-0.05, 0) is 49.5 Å². The highest BCUT2D eigenvalue weighted by atomic mass is 19.3. The van der Waals surface area contributed by atoms with Gasteiger partial charge in [-0.1, -0.05) is 30.3 Å². The molecule has 3 fully saturated rings. The van der Waals surface area contributed by atoms with Gasteiger partial charge >= 0.3 is 6.09 Å². The Morgan fingerprint density at radius 2 is 1.78 bits per heavy atom. The van der Waals surface area contributed by atoms with Crippen LogP contribution in [0.2, 0.25) is 0 Å². The summed E-state index contributed by atoms with van der Waals surface area (Å²) in [6.45, 7) is 1.18. The summed E-state index contributed by atoms with van der Waals surface area (Å²) in [4.78, 5) is 30.5. The Hall–Kier alpha value is -2.73. The number of hydroxylamine groups is 2. The first-order valence-corrected chi connectivity index (χ1v) is 11.1. The number of piperidine rings is 1. The van der Waals surface area contributed by atoms with Crippen LogP contribution in [0.3, 0.4) is 0 Å². The van der Waals surface area contributed by atoms with Crippen molar-refractivity contribution in [1.82, 2.24) is 15.7 Å². The van der Waals surface area contributed by atoms with Gasteiger partial charge in [0.05, 0.1) is 6.07 Å². The molecular formula is C23H28F2N4O3. The molecule has 4 rings (SSSR count). The summed E-state index contributed by atoms with van der Waals surface area (Å²) in [5.41, 5.74) is -0.202. The van der Waals surface area contributed by atoms with Crippen molar-refractivity contribution in [1.29, 1.82) is 5.26 Å². The van der Waals surface area contributed by atoms with Crippen LogP contribution in [-0.2, 0) is 16.1 Å². The van der Waals surface area contributed by atoms with Gasteiger partial charge in [-0.15, -0.1) is 5.06 Å². The van der Waals surface area contributed by atoms with Gasteiger partial charge in [0, 0.05) is 25.9 Å². The SMILES string of the molecule is N#CC1(NC(=O)[C@H](CC(F)(F)Cc2ccccc2)NC(=O)ON2CCC3(CC2)CC3)CC1. The van der Waals surface area contributed by atoms with Crippen LogP contribution in [0.4, 0.5) is 13.6 Å². The quantitative estimate of drug-likeness (QED) is 0.639. The lowest BCUT2D eigenvalue weighted by atomic mass is 9.95. The molecule has 1 aliphatic heterocycles. The van der Waals surface area contributed by atoms with Crippen LogP contribution >= 0.6 is 0 Å². The molecule has 9 heteroatoms. The third-order valence-electron chi connectivity index (χ3n) is 6.70. The number of carbonyl (C=O) groups is 2. The van der Waals surface area contributed by atoms with Crippen LogP contribution in [0.15, 0.2) is 30.3 Å². The van der Waals surface area contributed by atoms with Crippen molar-refractivity contribution in [3.8, 4) is 6.07 Å². The van der Waals surface area contributed by atoms with E-state index >= 15 is 0 Å². The number of nitrogens with zero attached hydrogens (tertiary/aromatic N) is 2. The van der Waals surface area contributed by atoms with Crippen molar-refractivity contribution in [2.75, 3.05) is 13.1 Å². The Morgan fingerprint density at radius 3 is 2.34 bits per heavy atom. The van der Waals surface area contributed by atoms with E-state index in [0.29, 0.717) is 36.9 Å². The molecule has 1 aromatic carbocycles. The molecule has 2 saturated carbocycles. The van der Waals surface area contributed by atoms with Crippen LogP contribution in [0.5, 0.6) is 0 Å². The molecule has 0 bridgehead atoms. The normalized spacial score (nSPS) is 21.8. The van der Waals surface area contributed by atoms with Gasteiger partial charge in [0.15, 0.2) is 0 Å². The van der Waals surface area contributed by atoms with E-state index in [1.807, 2.05) is 6.07 Å². The van der Waals surface area contributed by atoms with E-state index in [1.54, 1.807) is 30.3 Å². The summed E-state index contributed by atoms with van der Waals surface area (Å²) in [6, 6.07) is 8.72. The Kier molecular flexibility index (Phi) is 6.08. The fourth-order valence-corrected chi connectivity index (χ4v) is 4.20. The number of hydrogen-bond donors (Lipinski definition) is 2. The molecule has 1 spiro atoms. The third-order valence-corrected chi connectivity index (χ3v) is 6.70. The average molecular weight is 446 g/mol. The zero-order chi connectivity index (χ0) is 22.8. The van der Waals surface area contributed by atoms with E-state index in [4.69, 9.17) is 4.84 Å².